The smallest absolute Gasteiger partial charge is 0.0477 e. The molecule has 0 aliphatic carbocycles. The third kappa shape index (κ3) is 4.88. The van der Waals surface area contributed by atoms with E-state index in [0.29, 0.717) is 6.04 Å². The van der Waals surface area contributed by atoms with E-state index in [1.165, 1.54) is 16.7 Å². The predicted octanol–water partition coefficient (Wildman–Crippen LogP) is 3.38. The van der Waals surface area contributed by atoms with Gasteiger partial charge in [-0.2, -0.15) is 0 Å². The van der Waals surface area contributed by atoms with Crippen LogP contribution in [0.5, 0.6) is 0 Å². The molecule has 2 nitrogen and oxygen atoms in total. The van der Waals surface area contributed by atoms with Gasteiger partial charge in [-0.3, -0.25) is 0 Å². The van der Waals surface area contributed by atoms with E-state index in [9.17, 15) is 0 Å². The summed E-state index contributed by atoms with van der Waals surface area (Å²) < 4.78 is 5.32. The van der Waals surface area contributed by atoms with Crippen LogP contribution in [0.3, 0.4) is 0 Å². The maximum absolute atomic E-state index is 5.32. The predicted molar refractivity (Wildman–Crippen MR) is 73.4 cm³/mol. The maximum Gasteiger partial charge on any atom is 0.0477 e. The number of ether oxygens (including phenoxy) is 1. The lowest BCUT2D eigenvalue weighted by Gasteiger charge is -2.15. The Kier molecular flexibility index (Phi) is 6.23. The van der Waals surface area contributed by atoms with Gasteiger partial charge < -0.3 is 10.1 Å². The van der Waals surface area contributed by atoms with Gasteiger partial charge >= 0.3 is 0 Å². The maximum atomic E-state index is 5.32. The van der Waals surface area contributed by atoms with Crippen molar-refractivity contribution in [2.24, 2.45) is 0 Å². The minimum Gasteiger partial charge on any atom is -0.382 e. The van der Waals surface area contributed by atoms with Crippen molar-refractivity contribution in [1.82, 2.24) is 5.32 Å². The molecule has 1 atom stereocenters. The van der Waals surface area contributed by atoms with E-state index in [1.54, 1.807) is 0 Å². The topological polar surface area (TPSA) is 21.3 Å². The third-order valence-electron chi connectivity index (χ3n) is 3.15. The highest BCUT2D eigenvalue weighted by Gasteiger charge is 2.05. The van der Waals surface area contributed by atoms with Crippen LogP contribution < -0.4 is 5.32 Å². The van der Waals surface area contributed by atoms with Crippen LogP contribution in [-0.2, 0) is 4.74 Å². The van der Waals surface area contributed by atoms with Crippen LogP contribution >= 0.6 is 0 Å². The van der Waals surface area contributed by atoms with Crippen molar-refractivity contribution in [2.75, 3.05) is 19.8 Å². The van der Waals surface area contributed by atoms with Crippen molar-refractivity contribution in [2.45, 2.75) is 40.2 Å². The molecule has 1 aromatic carbocycles. The Bertz CT molecular complexity index is 336. The Balaban J connectivity index is 2.36. The molecule has 0 saturated carbocycles. The summed E-state index contributed by atoms with van der Waals surface area (Å²) in [4.78, 5) is 0. The van der Waals surface area contributed by atoms with Crippen LogP contribution in [0.1, 0.15) is 43.0 Å². The van der Waals surface area contributed by atoms with Gasteiger partial charge in [-0.15, -0.1) is 0 Å². The third-order valence-corrected chi connectivity index (χ3v) is 3.15. The van der Waals surface area contributed by atoms with E-state index in [4.69, 9.17) is 4.74 Å². The Hall–Kier alpha value is -0.860. The molecule has 0 aliphatic heterocycles. The van der Waals surface area contributed by atoms with Gasteiger partial charge in [0, 0.05) is 19.3 Å². The first-order chi connectivity index (χ1) is 8.15. The highest BCUT2D eigenvalue weighted by molar-refractivity contribution is 5.31. The molecule has 1 unspecified atom stereocenters. The molecule has 1 aromatic rings. The van der Waals surface area contributed by atoms with Crippen LogP contribution in [0.4, 0.5) is 0 Å². The summed E-state index contributed by atoms with van der Waals surface area (Å²) in [6.45, 7) is 11.2. The van der Waals surface area contributed by atoms with Gasteiger partial charge in [0.15, 0.2) is 0 Å². The molecule has 2 heteroatoms. The zero-order valence-corrected chi connectivity index (χ0v) is 11.5. The molecule has 0 heterocycles. The second-order valence-electron chi connectivity index (χ2n) is 4.57. The van der Waals surface area contributed by atoms with Crippen molar-refractivity contribution in [3.8, 4) is 0 Å². The fraction of sp³-hybridized carbons (Fsp3) is 0.600. The minimum absolute atomic E-state index is 0.413. The van der Waals surface area contributed by atoms with Crippen LogP contribution in [0, 0.1) is 13.8 Å². The van der Waals surface area contributed by atoms with Gasteiger partial charge in [-0.1, -0.05) is 18.2 Å². The lowest BCUT2D eigenvalue weighted by atomic mass is 10.0. The second-order valence-corrected chi connectivity index (χ2v) is 4.57. The number of rotatable bonds is 7. The van der Waals surface area contributed by atoms with E-state index < -0.39 is 0 Å². The highest BCUT2D eigenvalue weighted by atomic mass is 16.5. The van der Waals surface area contributed by atoms with Gasteiger partial charge in [0.1, 0.15) is 0 Å². The van der Waals surface area contributed by atoms with E-state index >= 15 is 0 Å². The zero-order chi connectivity index (χ0) is 12.7. The van der Waals surface area contributed by atoms with Gasteiger partial charge in [-0.05, 0) is 57.4 Å². The molecule has 0 amide bonds. The number of nitrogens with one attached hydrogen (secondary N) is 1. The fourth-order valence-corrected chi connectivity index (χ4v) is 1.79. The molecule has 1 N–H and O–H groups in total. The molecule has 17 heavy (non-hydrogen) atoms. The van der Waals surface area contributed by atoms with Gasteiger partial charge in [0.25, 0.3) is 0 Å². The molecule has 96 valence electrons. The van der Waals surface area contributed by atoms with Crippen molar-refractivity contribution in [1.29, 1.82) is 0 Å². The highest BCUT2D eigenvalue weighted by Crippen LogP contribution is 2.16. The van der Waals surface area contributed by atoms with Gasteiger partial charge in [0.2, 0.25) is 0 Å². The largest absolute Gasteiger partial charge is 0.382 e. The number of benzene rings is 1. The quantitative estimate of drug-likeness (QED) is 0.732. The summed E-state index contributed by atoms with van der Waals surface area (Å²) in [7, 11) is 0. The normalized spacial score (nSPS) is 12.7. The Morgan fingerprint density at radius 3 is 2.65 bits per heavy atom. The molecule has 1 rings (SSSR count). The number of hydrogen-bond acceptors (Lipinski definition) is 2. The average Bonchev–Trinajstić information content (AvgIpc) is 2.32. The lowest BCUT2D eigenvalue weighted by molar-refractivity contribution is 0.144. The molecule has 0 bridgehead atoms. The molecular weight excluding hydrogens is 210 g/mol. The minimum atomic E-state index is 0.413. The number of hydrogen-bond donors (Lipinski definition) is 1. The summed E-state index contributed by atoms with van der Waals surface area (Å²) in [5, 5.41) is 3.52. The van der Waals surface area contributed by atoms with E-state index in [0.717, 1.165) is 26.2 Å². The van der Waals surface area contributed by atoms with Crippen molar-refractivity contribution >= 4 is 0 Å². The molecule has 0 aromatic heterocycles. The molecule has 0 aliphatic rings. The van der Waals surface area contributed by atoms with Crippen LogP contribution in [-0.4, -0.2) is 19.8 Å². The molecule has 0 saturated heterocycles. The number of aryl methyl sites for hydroxylation is 2. The Morgan fingerprint density at radius 2 is 2.00 bits per heavy atom. The van der Waals surface area contributed by atoms with Gasteiger partial charge in [0.05, 0.1) is 0 Å². The molecule has 0 fully saturated rings. The van der Waals surface area contributed by atoms with Crippen LogP contribution in [0.2, 0.25) is 0 Å². The molecular formula is C15H25NO. The summed E-state index contributed by atoms with van der Waals surface area (Å²) in [6.07, 6.45) is 1.07. The van der Waals surface area contributed by atoms with Crippen molar-refractivity contribution in [3.05, 3.63) is 34.9 Å². The van der Waals surface area contributed by atoms with Crippen LogP contribution in [0.15, 0.2) is 18.2 Å². The summed E-state index contributed by atoms with van der Waals surface area (Å²) in [5.41, 5.74) is 4.09. The van der Waals surface area contributed by atoms with Gasteiger partial charge in [-0.25, -0.2) is 0 Å². The first-order valence-electron chi connectivity index (χ1n) is 6.53. The van der Waals surface area contributed by atoms with E-state index in [-0.39, 0.29) is 0 Å². The monoisotopic (exact) mass is 235 g/mol. The zero-order valence-electron chi connectivity index (χ0n) is 11.5. The first-order valence-corrected chi connectivity index (χ1v) is 6.53. The molecule has 0 spiro atoms. The fourth-order valence-electron chi connectivity index (χ4n) is 1.79. The average molecular weight is 235 g/mol. The summed E-state index contributed by atoms with van der Waals surface area (Å²) in [6, 6.07) is 7.09. The van der Waals surface area contributed by atoms with Crippen molar-refractivity contribution < 1.29 is 4.74 Å². The Labute approximate surface area is 105 Å². The first kappa shape index (κ1) is 14.2. The van der Waals surface area contributed by atoms with E-state index in [2.05, 4.69) is 44.3 Å². The van der Waals surface area contributed by atoms with Crippen LogP contribution in [0.25, 0.3) is 0 Å². The standard InChI is InChI=1S/C15H25NO/c1-5-17-10-6-9-16-14(4)15-8-7-12(2)13(3)11-15/h7-8,11,14,16H,5-6,9-10H2,1-4H3. The second kappa shape index (κ2) is 7.46. The molecule has 0 radical (unpaired) electrons. The summed E-state index contributed by atoms with van der Waals surface area (Å²) in [5.74, 6) is 0. The lowest BCUT2D eigenvalue weighted by Crippen LogP contribution is -2.21. The summed E-state index contributed by atoms with van der Waals surface area (Å²) >= 11 is 0. The van der Waals surface area contributed by atoms with E-state index in [1.807, 2.05) is 6.92 Å². The van der Waals surface area contributed by atoms with Crippen molar-refractivity contribution in [3.63, 3.8) is 0 Å². The SMILES string of the molecule is CCOCCCNC(C)c1ccc(C)c(C)c1. The Morgan fingerprint density at radius 1 is 1.24 bits per heavy atom.